The quantitative estimate of drug-likeness (QED) is 0.810. The van der Waals surface area contributed by atoms with E-state index < -0.39 is 11.6 Å². The standard InChI is InChI=1S/C12H17NO3/c1-12(16,8-11(14)15)9-4-6-10(7-5-9)13(2)3/h4-7,16H,8H2,1-3H3,(H,14,15). The molecule has 0 saturated heterocycles. The number of hydrogen-bond acceptors (Lipinski definition) is 3. The Morgan fingerprint density at radius 1 is 1.31 bits per heavy atom. The number of benzene rings is 1. The molecule has 0 spiro atoms. The van der Waals surface area contributed by atoms with Crippen LogP contribution in [0.25, 0.3) is 0 Å². The molecule has 88 valence electrons. The molecule has 0 amide bonds. The van der Waals surface area contributed by atoms with Crippen molar-refractivity contribution in [3.8, 4) is 0 Å². The van der Waals surface area contributed by atoms with Crippen LogP contribution in [0.1, 0.15) is 18.9 Å². The Morgan fingerprint density at radius 3 is 2.19 bits per heavy atom. The third kappa shape index (κ3) is 2.97. The molecular weight excluding hydrogens is 206 g/mol. The van der Waals surface area contributed by atoms with Crippen molar-refractivity contribution >= 4 is 11.7 Å². The van der Waals surface area contributed by atoms with E-state index >= 15 is 0 Å². The molecule has 4 heteroatoms. The molecule has 0 saturated carbocycles. The summed E-state index contributed by atoms with van der Waals surface area (Å²) in [6.07, 6.45) is -0.297. The van der Waals surface area contributed by atoms with Gasteiger partial charge in [-0.2, -0.15) is 0 Å². The zero-order valence-electron chi connectivity index (χ0n) is 9.77. The molecule has 16 heavy (non-hydrogen) atoms. The number of carbonyl (C=O) groups is 1. The van der Waals surface area contributed by atoms with Crippen LogP contribution in [0, 0.1) is 0 Å². The number of anilines is 1. The first kappa shape index (κ1) is 12.5. The van der Waals surface area contributed by atoms with Gasteiger partial charge in [0.25, 0.3) is 0 Å². The van der Waals surface area contributed by atoms with E-state index in [2.05, 4.69) is 0 Å². The van der Waals surface area contributed by atoms with Crippen molar-refractivity contribution in [1.82, 2.24) is 0 Å². The van der Waals surface area contributed by atoms with Gasteiger partial charge in [-0.25, -0.2) is 0 Å². The molecule has 1 aromatic rings. The van der Waals surface area contributed by atoms with Gasteiger partial charge in [-0.15, -0.1) is 0 Å². The molecule has 1 rings (SSSR count). The third-order valence-corrected chi connectivity index (χ3v) is 2.50. The molecule has 0 aliphatic rings. The zero-order chi connectivity index (χ0) is 12.3. The molecule has 2 N–H and O–H groups in total. The first-order valence-electron chi connectivity index (χ1n) is 5.05. The number of aliphatic hydroxyl groups is 1. The van der Waals surface area contributed by atoms with Crippen LogP contribution in [-0.4, -0.2) is 30.3 Å². The number of carboxylic acid groups (broad SMARTS) is 1. The van der Waals surface area contributed by atoms with E-state index in [1.54, 1.807) is 12.1 Å². The second-order valence-corrected chi connectivity index (χ2v) is 4.29. The average molecular weight is 223 g/mol. The van der Waals surface area contributed by atoms with Crippen molar-refractivity contribution in [2.45, 2.75) is 18.9 Å². The predicted octanol–water partition coefficient (Wildman–Crippen LogP) is 1.43. The summed E-state index contributed by atoms with van der Waals surface area (Å²) in [4.78, 5) is 12.5. The highest BCUT2D eigenvalue weighted by Gasteiger charge is 2.26. The van der Waals surface area contributed by atoms with Gasteiger partial charge < -0.3 is 15.1 Å². The van der Waals surface area contributed by atoms with Gasteiger partial charge in [-0.05, 0) is 24.6 Å². The van der Waals surface area contributed by atoms with Gasteiger partial charge in [-0.1, -0.05) is 12.1 Å². The van der Waals surface area contributed by atoms with Gasteiger partial charge in [-0.3, -0.25) is 4.79 Å². The summed E-state index contributed by atoms with van der Waals surface area (Å²) >= 11 is 0. The Balaban J connectivity index is 2.92. The van der Waals surface area contributed by atoms with E-state index in [1.807, 2.05) is 31.1 Å². The van der Waals surface area contributed by atoms with Crippen LogP contribution in [0.4, 0.5) is 5.69 Å². The lowest BCUT2D eigenvalue weighted by molar-refractivity contribution is -0.142. The van der Waals surface area contributed by atoms with Crippen molar-refractivity contribution < 1.29 is 15.0 Å². The summed E-state index contributed by atoms with van der Waals surface area (Å²) in [6, 6.07) is 7.20. The summed E-state index contributed by atoms with van der Waals surface area (Å²) in [5.74, 6) is -1.01. The molecule has 1 atom stereocenters. The van der Waals surface area contributed by atoms with Gasteiger partial charge >= 0.3 is 5.97 Å². The second kappa shape index (κ2) is 4.53. The molecule has 4 nitrogen and oxygen atoms in total. The van der Waals surface area contributed by atoms with Crippen LogP contribution >= 0.6 is 0 Å². The Kier molecular flexibility index (Phi) is 3.55. The molecule has 0 radical (unpaired) electrons. The minimum atomic E-state index is -1.32. The van der Waals surface area contributed by atoms with Gasteiger partial charge in [0, 0.05) is 19.8 Å². The van der Waals surface area contributed by atoms with Crippen LogP contribution in [0.3, 0.4) is 0 Å². The smallest absolute Gasteiger partial charge is 0.306 e. The Morgan fingerprint density at radius 2 is 1.81 bits per heavy atom. The SMILES string of the molecule is CN(C)c1ccc(C(C)(O)CC(=O)O)cc1. The first-order chi connectivity index (χ1) is 7.33. The molecule has 0 fully saturated rings. The summed E-state index contributed by atoms with van der Waals surface area (Å²) in [5.41, 5.74) is 0.298. The normalized spacial score (nSPS) is 14.2. The zero-order valence-corrected chi connectivity index (χ0v) is 9.77. The fraction of sp³-hybridized carbons (Fsp3) is 0.417. The van der Waals surface area contributed by atoms with Gasteiger partial charge in [0.05, 0.1) is 12.0 Å². The topological polar surface area (TPSA) is 60.8 Å². The Bertz CT molecular complexity index is 368. The van der Waals surface area contributed by atoms with E-state index in [0.29, 0.717) is 5.56 Å². The molecule has 1 unspecified atom stereocenters. The molecular formula is C12H17NO3. The van der Waals surface area contributed by atoms with E-state index in [0.717, 1.165) is 5.69 Å². The Hall–Kier alpha value is -1.55. The lowest BCUT2D eigenvalue weighted by Gasteiger charge is -2.22. The lowest BCUT2D eigenvalue weighted by atomic mass is 9.92. The first-order valence-corrected chi connectivity index (χ1v) is 5.05. The van der Waals surface area contributed by atoms with Crippen LogP contribution in [0.5, 0.6) is 0 Å². The minimum Gasteiger partial charge on any atom is -0.481 e. The molecule has 0 aromatic heterocycles. The van der Waals surface area contributed by atoms with E-state index in [-0.39, 0.29) is 6.42 Å². The van der Waals surface area contributed by atoms with E-state index in [4.69, 9.17) is 5.11 Å². The van der Waals surface area contributed by atoms with Gasteiger partial charge in [0.15, 0.2) is 0 Å². The summed E-state index contributed by atoms with van der Waals surface area (Å²) < 4.78 is 0. The highest BCUT2D eigenvalue weighted by atomic mass is 16.4. The fourth-order valence-electron chi connectivity index (χ4n) is 1.52. The van der Waals surface area contributed by atoms with Crippen molar-refractivity contribution in [1.29, 1.82) is 0 Å². The Labute approximate surface area is 95.1 Å². The second-order valence-electron chi connectivity index (χ2n) is 4.29. The van der Waals surface area contributed by atoms with Crippen LogP contribution < -0.4 is 4.90 Å². The molecule has 0 bridgehead atoms. The molecule has 0 aliphatic heterocycles. The van der Waals surface area contributed by atoms with Crippen LogP contribution in [-0.2, 0) is 10.4 Å². The van der Waals surface area contributed by atoms with Crippen molar-refractivity contribution in [2.75, 3.05) is 19.0 Å². The van der Waals surface area contributed by atoms with Crippen LogP contribution in [0.2, 0.25) is 0 Å². The molecule has 0 aliphatic carbocycles. The van der Waals surface area contributed by atoms with Gasteiger partial charge in [0.1, 0.15) is 0 Å². The largest absolute Gasteiger partial charge is 0.481 e. The number of nitrogens with zero attached hydrogens (tertiary/aromatic N) is 1. The highest BCUT2D eigenvalue weighted by molar-refractivity contribution is 5.68. The number of hydrogen-bond donors (Lipinski definition) is 2. The number of aliphatic carboxylic acids is 1. The lowest BCUT2D eigenvalue weighted by Crippen LogP contribution is -2.25. The molecule has 1 aromatic carbocycles. The van der Waals surface area contributed by atoms with E-state index in [9.17, 15) is 9.90 Å². The highest BCUT2D eigenvalue weighted by Crippen LogP contribution is 2.26. The number of rotatable bonds is 4. The minimum absolute atomic E-state index is 0.297. The maximum atomic E-state index is 10.6. The maximum Gasteiger partial charge on any atom is 0.306 e. The average Bonchev–Trinajstić information content (AvgIpc) is 2.16. The maximum absolute atomic E-state index is 10.6. The van der Waals surface area contributed by atoms with Crippen molar-refractivity contribution in [3.63, 3.8) is 0 Å². The fourth-order valence-corrected chi connectivity index (χ4v) is 1.52. The van der Waals surface area contributed by atoms with Crippen LogP contribution in [0.15, 0.2) is 24.3 Å². The predicted molar refractivity (Wildman–Crippen MR) is 62.6 cm³/mol. The summed E-state index contributed by atoms with van der Waals surface area (Å²) in [6.45, 7) is 1.51. The summed E-state index contributed by atoms with van der Waals surface area (Å²) in [7, 11) is 3.84. The molecule has 0 heterocycles. The third-order valence-electron chi connectivity index (χ3n) is 2.50. The summed E-state index contributed by atoms with van der Waals surface area (Å²) in [5, 5.41) is 18.7. The van der Waals surface area contributed by atoms with E-state index in [1.165, 1.54) is 6.92 Å². The monoisotopic (exact) mass is 223 g/mol. The number of carboxylic acids is 1. The van der Waals surface area contributed by atoms with Crippen molar-refractivity contribution in [2.24, 2.45) is 0 Å². The van der Waals surface area contributed by atoms with Gasteiger partial charge in [0.2, 0.25) is 0 Å². The van der Waals surface area contributed by atoms with Crippen molar-refractivity contribution in [3.05, 3.63) is 29.8 Å².